The van der Waals surface area contributed by atoms with Crippen molar-refractivity contribution >= 4 is 5.78 Å². The van der Waals surface area contributed by atoms with Gasteiger partial charge in [-0.1, -0.05) is 24.3 Å². The van der Waals surface area contributed by atoms with Crippen LogP contribution in [0.15, 0.2) is 35.9 Å². The molecule has 1 saturated carbocycles. The predicted molar refractivity (Wildman–Crippen MR) is 72.9 cm³/mol. The highest BCUT2D eigenvalue weighted by atomic mass is 16.3. The number of aryl methyl sites for hydroxylation is 1. The van der Waals surface area contributed by atoms with E-state index in [0.717, 1.165) is 31.3 Å². The summed E-state index contributed by atoms with van der Waals surface area (Å²) in [6.45, 7) is 0. The molecule has 0 amide bonds. The molecule has 1 aromatic carbocycles. The molecule has 0 radical (unpaired) electrons. The number of carbonyl (C=O) groups excluding carboxylic acids is 1. The molecule has 0 unspecified atom stereocenters. The van der Waals surface area contributed by atoms with Gasteiger partial charge in [0.25, 0.3) is 0 Å². The molecule has 0 spiro atoms. The van der Waals surface area contributed by atoms with Crippen LogP contribution in [0.25, 0.3) is 0 Å². The molecule has 19 heavy (non-hydrogen) atoms. The van der Waals surface area contributed by atoms with Crippen molar-refractivity contribution in [1.29, 1.82) is 0 Å². The first-order chi connectivity index (χ1) is 9.18. The van der Waals surface area contributed by atoms with Gasteiger partial charge in [-0.15, -0.1) is 0 Å². The molecule has 98 valence electrons. The van der Waals surface area contributed by atoms with Crippen molar-refractivity contribution < 1.29 is 9.90 Å². The maximum atomic E-state index is 11.7. The monoisotopic (exact) mass is 254 g/mol. The van der Waals surface area contributed by atoms with E-state index >= 15 is 0 Å². The Kier molecular flexibility index (Phi) is 2.28. The summed E-state index contributed by atoms with van der Waals surface area (Å²) in [5.74, 6) is 0.692. The van der Waals surface area contributed by atoms with E-state index in [4.69, 9.17) is 0 Å². The van der Waals surface area contributed by atoms with Gasteiger partial charge < -0.3 is 5.11 Å². The quantitative estimate of drug-likeness (QED) is 0.773. The number of hydrogen-bond donors (Lipinski definition) is 1. The van der Waals surface area contributed by atoms with Crippen LogP contribution >= 0.6 is 0 Å². The normalized spacial score (nSPS) is 36.3. The summed E-state index contributed by atoms with van der Waals surface area (Å²) in [7, 11) is 0. The average Bonchev–Trinajstić information content (AvgIpc) is 2.80. The second-order valence-corrected chi connectivity index (χ2v) is 6.22. The summed E-state index contributed by atoms with van der Waals surface area (Å²) in [4.78, 5) is 11.7. The summed E-state index contributed by atoms with van der Waals surface area (Å²) in [5.41, 5.74) is 2.95. The van der Waals surface area contributed by atoms with Gasteiger partial charge in [0, 0.05) is 12.3 Å². The molecule has 2 nitrogen and oxygen atoms in total. The first kappa shape index (κ1) is 11.4. The lowest BCUT2D eigenvalue weighted by molar-refractivity contribution is -0.114. The van der Waals surface area contributed by atoms with Crippen molar-refractivity contribution in [3.63, 3.8) is 0 Å². The van der Waals surface area contributed by atoms with E-state index < -0.39 is 5.60 Å². The topological polar surface area (TPSA) is 37.3 Å². The molecule has 0 bridgehead atoms. The van der Waals surface area contributed by atoms with Crippen molar-refractivity contribution in [2.24, 2.45) is 5.92 Å². The second-order valence-electron chi connectivity index (χ2n) is 6.22. The van der Waals surface area contributed by atoms with E-state index in [2.05, 4.69) is 24.3 Å². The van der Waals surface area contributed by atoms with Crippen molar-refractivity contribution in [3.8, 4) is 0 Å². The van der Waals surface area contributed by atoms with Crippen LogP contribution in [0.3, 0.4) is 0 Å². The SMILES string of the molecule is O=C1C=C2[C@H](CC[C@@H]3c4ccccc4CC[C@@]23O)C1. The van der Waals surface area contributed by atoms with Crippen molar-refractivity contribution in [1.82, 2.24) is 0 Å². The molecule has 3 aliphatic rings. The van der Waals surface area contributed by atoms with Gasteiger partial charge in [-0.3, -0.25) is 4.79 Å². The molecule has 1 aromatic rings. The molecule has 0 saturated heterocycles. The molecule has 3 aliphatic carbocycles. The first-order valence-corrected chi connectivity index (χ1v) is 7.23. The summed E-state index contributed by atoms with van der Waals surface area (Å²) < 4.78 is 0. The van der Waals surface area contributed by atoms with Crippen LogP contribution in [0.2, 0.25) is 0 Å². The van der Waals surface area contributed by atoms with Crippen molar-refractivity contribution in [2.75, 3.05) is 0 Å². The standard InChI is InChI=1S/C17H18O2/c18-13-9-12-5-6-15-14-4-2-1-3-11(14)7-8-17(15,19)16(12)10-13/h1-4,10,12,15,19H,5-9H2/t12-,15-,17+/m1/s1. The fraction of sp³-hybridized carbons (Fsp3) is 0.471. The summed E-state index contributed by atoms with van der Waals surface area (Å²) in [5, 5.41) is 11.2. The van der Waals surface area contributed by atoms with E-state index in [1.54, 1.807) is 6.08 Å². The van der Waals surface area contributed by atoms with Gasteiger partial charge >= 0.3 is 0 Å². The number of benzene rings is 1. The molecule has 3 atom stereocenters. The smallest absolute Gasteiger partial charge is 0.156 e. The lowest BCUT2D eigenvalue weighted by atomic mass is 9.60. The third-order valence-electron chi connectivity index (χ3n) is 5.29. The Morgan fingerprint density at radius 1 is 1.21 bits per heavy atom. The van der Waals surface area contributed by atoms with E-state index in [9.17, 15) is 9.90 Å². The largest absolute Gasteiger partial charge is 0.385 e. The minimum absolute atomic E-state index is 0.186. The van der Waals surface area contributed by atoms with Crippen LogP contribution in [-0.2, 0) is 11.2 Å². The Morgan fingerprint density at radius 2 is 2.05 bits per heavy atom. The minimum Gasteiger partial charge on any atom is -0.385 e. The van der Waals surface area contributed by atoms with E-state index in [-0.39, 0.29) is 11.7 Å². The number of fused-ring (bicyclic) bond motifs is 5. The van der Waals surface area contributed by atoms with E-state index in [1.165, 1.54) is 11.1 Å². The van der Waals surface area contributed by atoms with Gasteiger partial charge in [-0.2, -0.15) is 0 Å². The molecular weight excluding hydrogens is 236 g/mol. The Morgan fingerprint density at radius 3 is 2.95 bits per heavy atom. The average molecular weight is 254 g/mol. The number of ketones is 1. The van der Waals surface area contributed by atoms with Crippen LogP contribution in [-0.4, -0.2) is 16.5 Å². The van der Waals surface area contributed by atoms with E-state index in [1.807, 2.05) is 0 Å². The maximum Gasteiger partial charge on any atom is 0.156 e. The van der Waals surface area contributed by atoms with Crippen molar-refractivity contribution in [2.45, 2.75) is 43.6 Å². The van der Waals surface area contributed by atoms with Crippen LogP contribution in [0.4, 0.5) is 0 Å². The Hall–Kier alpha value is -1.41. The van der Waals surface area contributed by atoms with Gasteiger partial charge in [0.05, 0.1) is 5.60 Å². The number of aliphatic hydroxyl groups is 1. The molecule has 0 aromatic heterocycles. The number of rotatable bonds is 0. The van der Waals surface area contributed by atoms with Gasteiger partial charge in [0.15, 0.2) is 5.78 Å². The molecule has 1 N–H and O–H groups in total. The highest BCUT2D eigenvalue weighted by Crippen LogP contribution is 2.54. The lowest BCUT2D eigenvalue weighted by Crippen LogP contribution is -2.46. The third-order valence-corrected chi connectivity index (χ3v) is 5.29. The molecule has 0 aliphatic heterocycles. The Balaban J connectivity index is 1.84. The van der Waals surface area contributed by atoms with Crippen LogP contribution < -0.4 is 0 Å². The zero-order valence-corrected chi connectivity index (χ0v) is 10.9. The molecule has 2 heteroatoms. The van der Waals surface area contributed by atoms with E-state index in [0.29, 0.717) is 12.3 Å². The van der Waals surface area contributed by atoms with Crippen molar-refractivity contribution in [3.05, 3.63) is 47.0 Å². The highest BCUT2D eigenvalue weighted by molar-refractivity contribution is 5.94. The molecule has 0 heterocycles. The fourth-order valence-corrected chi connectivity index (χ4v) is 4.41. The highest BCUT2D eigenvalue weighted by Gasteiger charge is 2.51. The van der Waals surface area contributed by atoms with Gasteiger partial charge in [-0.05, 0) is 54.4 Å². The van der Waals surface area contributed by atoms with Crippen LogP contribution in [0.5, 0.6) is 0 Å². The number of carbonyl (C=O) groups is 1. The number of allylic oxidation sites excluding steroid dienone is 1. The molecular formula is C17H18O2. The van der Waals surface area contributed by atoms with Gasteiger partial charge in [-0.25, -0.2) is 0 Å². The second kappa shape index (κ2) is 3.80. The summed E-state index contributed by atoms with van der Waals surface area (Å²) in [6.07, 6.45) is 6.09. The minimum atomic E-state index is -0.760. The Labute approximate surface area is 113 Å². The predicted octanol–water partition coefficient (Wildman–Crippen LogP) is 2.76. The Bertz CT molecular complexity index is 587. The lowest BCUT2D eigenvalue weighted by Gasteiger charge is -2.47. The fourth-order valence-electron chi connectivity index (χ4n) is 4.41. The summed E-state index contributed by atoms with van der Waals surface area (Å²) >= 11 is 0. The number of hydrogen-bond acceptors (Lipinski definition) is 2. The van der Waals surface area contributed by atoms with Crippen LogP contribution in [0, 0.1) is 5.92 Å². The molecule has 4 rings (SSSR count). The summed E-state index contributed by atoms with van der Waals surface area (Å²) in [6, 6.07) is 8.47. The molecule has 1 fully saturated rings. The zero-order valence-electron chi connectivity index (χ0n) is 10.9. The first-order valence-electron chi connectivity index (χ1n) is 7.23. The van der Waals surface area contributed by atoms with Gasteiger partial charge in [0.1, 0.15) is 0 Å². The zero-order chi connectivity index (χ0) is 13.0. The van der Waals surface area contributed by atoms with Gasteiger partial charge in [0.2, 0.25) is 0 Å². The third kappa shape index (κ3) is 1.50. The van der Waals surface area contributed by atoms with Crippen LogP contribution in [0.1, 0.15) is 42.7 Å². The maximum absolute atomic E-state index is 11.7.